The van der Waals surface area contributed by atoms with Crippen molar-refractivity contribution in [1.82, 2.24) is 0 Å². The monoisotopic (exact) mass is 256 g/mol. The summed E-state index contributed by atoms with van der Waals surface area (Å²) < 4.78 is 5.25. The molecule has 0 N–H and O–H groups in total. The summed E-state index contributed by atoms with van der Waals surface area (Å²) in [6.45, 7) is 0.520. The van der Waals surface area contributed by atoms with Crippen LogP contribution in [0.1, 0.15) is 23.2 Å². The second kappa shape index (κ2) is 5.60. The summed E-state index contributed by atoms with van der Waals surface area (Å²) in [4.78, 5) is 11.6. The van der Waals surface area contributed by atoms with Gasteiger partial charge in [0, 0.05) is 10.3 Å². The summed E-state index contributed by atoms with van der Waals surface area (Å²) in [6.07, 6.45) is 2.38. The fraction of sp³-hybridized carbons (Fsp3) is 0.417. The van der Waals surface area contributed by atoms with Crippen molar-refractivity contribution in [2.24, 2.45) is 0 Å². The predicted octanol–water partition coefficient (Wildman–Crippen LogP) is 3.39. The molecule has 1 aromatic carbocycles. The molecule has 1 aromatic rings. The lowest BCUT2D eigenvalue weighted by molar-refractivity contribution is 0.0506. The molecule has 2 rings (SSSR count). The number of carbonyl (C=O) groups is 1. The van der Waals surface area contributed by atoms with Crippen LogP contribution in [0.5, 0.6) is 0 Å². The number of hydrogen-bond donors (Lipinski definition) is 0. The van der Waals surface area contributed by atoms with Crippen molar-refractivity contribution < 1.29 is 9.53 Å². The van der Waals surface area contributed by atoms with Gasteiger partial charge in [-0.15, -0.1) is 0 Å². The van der Waals surface area contributed by atoms with Crippen molar-refractivity contribution in [3.05, 3.63) is 34.9 Å². The van der Waals surface area contributed by atoms with Crippen molar-refractivity contribution in [2.75, 3.05) is 12.4 Å². The predicted molar refractivity (Wildman–Crippen MR) is 67.2 cm³/mol. The fourth-order valence-electron chi connectivity index (χ4n) is 1.61. The number of esters is 1. The smallest absolute Gasteiger partial charge is 0.338 e. The van der Waals surface area contributed by atoms with Crippen molar-refractivity contribution in [3.8, 4) is 0 Å². The quantitative estimate of drug-likeness (QED) is 0.776. The third-order valence-electron chi connectivity index (χ3n) is 2.50. The molecule has 86 valence electrons. The SMILES string of the molecule is O=C(OCC1CCCS1)c1ccc(Cl)cc1. The van der Waals surface area contributed by atoms with E-state index in [0.717, 1.165) is 6.42 Å². The molecular formula is C12H13ClO2S. The van der Waals surface area contributed by atoms with E-state index in [9.17, 15) is 4.79 Å². The molecule has 0 spiro atoms. The van der Waals surface area contributed by atoms with Gasteiger partial charge < -0.3 is 4.74 Å². The van der Waals surface area contributed by atoms with E-state index in [4.69, 9.17) is 16.3 Å². The Labute approximate surface area is 104 Å². The molecule has 1 unspecified atom stereocenters. The molecule has 0 radical (unpaired) electrons. The van der Waals surface area contributed by atoms with Crippen LogP contribution in [0.15, 0.2) is 24.3 Å². The van der Waals surface area contributed by atoms with Gasteiger partial charge in [0.2, 0.25) is 0 Å². The molecular weight excluding hydrogens is 244 g/mol. The molecule has 1 aliphatic heterocycles. The largest absolute Gasteiger partial charge is 0.461 e. The zero-order valence-corrected chi connectivity index (χ0v) is 10.4. The Morgan fingerprint density at radius 2 is 2.19 bits per heavy atom. The molecule has 1 saturated heterocycles. The summed E-state index contributed by atoms with van der Waals surface area (Å²) in [5.74, 6) is 0.924. The number of thioether (sulfide) groups is 1. The number of hydrogen-bond acceptors (Lipinski definition) is 3. The average molecular weight is 257 g/mol. The first-order chi connectivity index (χ1) is 7.75. The fourth-order valence-corrected chi connectivity index (χ4v) is 2.90. The van der Waals surface area contributed by atoms with Gasteiger partial charge >= 0.3 is 5.97 Å². The maximum absolute atomic E-state index is 11.6. The van der Waals surface area contributed by atoms with Crippen LogP contribution in [0.4, 0.5) is 0 Å². The van der Waals surface area contributed by atoms with E-state index in [1.807, 2.05) is 11.8 Å². The van der Waals surface area contributed by atoms with Crippen LogP contribution in [-0.2, 0) is 4.74 Å². The van der Waals surface area contributed by atoms with Gasteiger partial charge in [0.05, 0.1) is 5.56 Å². The third kappa shape index (κ3) is 3.16. The zero-order valence-electron chi connectivity index (χ0n) is 8.82. The van der Waals surface area contributed by atoms with Gasteiger partial charge in [0.15, 0.2) is 0 Å². The van der Waals surface area contributed by atoms with Crippen molar-refractivity contribution in [1.29, 1.82) is 0 Å². The van der Waals surface area contributed by atoms with Gasteiger partial charge in [0.25, 0.3) is 0 Å². The maximum atomic E-state index is 11.6. The minimum Gasteiger partial charge on any atom is -0.461 e. The first-order valence-corrected chi connectivity index (χ1v) is 6.72. The van der Waals surface area contributed by atoms with Gasteiger partial charge in [-0.05, 0) is 42.9 Å². The highest BCUT2D eigenvalue weighted by Gasteiger charge is 2.17. The van der Waals surface area contributed by atoms with Gasteiger partial charge in [0.1, 0.15) is 6.61 Å². The average Bonchev–Trinajstić information content (AvgIpc) is 2.80. The molecule has 0 saturated carbocycles. The molecule has 0 aliphatic carbocycles. The van der Waals surface area contributed by atoms with Crippen molar-refractivity contribution in [2.45, 2.75) is 18.1 Å². The van der Waals surface area contributed by atoms with E-state index in [0.29, 0.717) is 22.4 Å². The van der Waals surface area contributed by atoms with E-state index in [2.05, 4.69) is 0 Å². The number of carbonyl (C=O) groups excluding carboxylic acids is 1. The minimum atomic E-state index is -0.260. The van der Waals surface area contributed by atoms with Crippen LogP contribution < -0.4 is 0 Å². The zero-order chi connectivity index (χ0) is 11.4. The number of ether oxygens (including phenoxy) is 1. The second-order valence-electron chi connectivity index (χ2n) is 3.74. The summed E-state index contributed by atoms with van der Waals surface area (Å²) in [7, 11) is 0. The molecule has 2 nitrogen and oxygen atoms in total. The first kappa shape index (κ1) is 11.8. The molecule has 4 heteroatoms. The molecule has 0 amide bonds. The van der Waals surface area contributed by atoms with Crippen LogP contribution in [0.2, 0.25) is 5.02 Å². The lowest BCUT2D eigenvalue weighted by Crippen LogP contribution is -2.13. The Bertz CT molecular complexity index is 358. The highest BCUT2D eigenvalue weighted by molar-refractivity contribution is 8.00. The summed E-state index contributed by atoms with van der Waals surface area (Å²) in [5.41, 5.74) is 0.562. The van der Waals surface area contributed by atoms with E-state index < -0.39 is 0 Å². The molecule has 16 heavy (non-hydrogen) atoms. The highest BCUT2D eigenvalue weighted by Crippen LogP contribution is 2.26. The first-order valence-electron chi connectivity index (χ1n) is 5.30. The van der Waals surface area contributed by atoms with E-state index >= 15 is 0 Å². The summed E-state index contributed by atoms with van der Waals surface area (Å²) >= 11 is 7.63. The Hall–Kier alpha value is -0.670. The lowest BCUT2D eigenvalue weighted by Gasteiger charge is -2.09. The molecule has 0 bridgehead atoms. The second-order valence-corrected chi connectivity index (χ2v) is 5.59. The Kier molecular flexibility index (Phi) is 4.13. The normalized spacial score (nSPS) is 19.7. The van der Waals surface area contributed by atoms with E-state index in [-0.39, 0.29) is 5.97 Å². The number of rotatable bonds is 3. The molecule has 1 atom stereocenters. The van der Waals surface area contributed by atoms with Crippen LogP contribution >= 0.6 is 23.4 Å². The van der Waals surface area contributed by atoms with Gasteiger partial charge in [-0.3, -0.25) is 0 Å². The Balaban J connectivity index is 1.85. The van der Waals surface area contributed by atoms with Gasteiger partial charge in [-0.2, -0.15) is 11.8 Å². The molecule has 1 heterocycles. The Morgan fingerprint density at radius 3 is 2.81 bits per heavy atom. The highest BCUT2D eigenvalue weighted by atomic mass is 35.5. The number of benzene rings is 1. The topological polar surface area (TPSA) is 26.3 Å². The Morgan fingerprint density at radius 1 is 1.44 bits per heavy atom. The molecule has 0 aromatic heterocycles. The van der Waals surface area contributed by atoms with Crippen molar-refractivity contribution in [3.63, 3.8) is 0 Å². The van der Waals surface area contributed by atoms with Crippen molar-refractivity contribution >= 4 is 29.3 Å². The van der Waals surface area contributed by atoms with Crippen LogP contribution in [0.25, 0.3) is 0 Å². The molecule has 1 fully saturated rings. The molecule has 1 aliphatic rings. The third-order valence-corrected chi connectivity index (χ3v) is 4.12. The van der Waals surface area contributed by atoms with E-state index in [1.165, 1.54) is 12.2 Å². The summed E-state index contributed by atoms with van der Waals surface area (Å²) in [5, 5.41) is 1.11. The van der Waals surface area contributed by atoms with Gasteiger partial charge in [-0.25, -0.2) is 4.79 Å². The minimum absolute atomic E-state index is 0.260. The van der Waals surface area contributed by atoms with Crippen LogP contribution in [-0.4, -0.2) is 23.6 Å². The van der Waals surface area contributed by atoms with E-state index in [1.54, 1.807) is 24.3 Å². The number of halogens is 1. The lowest BCUT2D eigenvalue weighted by atomic mass is 10.2. The standard InChI is InChI=1S/C12H13ClO2S/c13-10-5-3-9(4-6-10)12(14)15-8-11-2-1-7-16-11/h3-6,11H,1-2,7-8H2. The van der Waals surface area contributed by atoms with Crippen LogP contribution in [0.3, 0.4) is 0 Å². The maximum Gasteiger partial charge on any atom is 0.338 e. The van der Waals surface area contributed by atoms with Gasteiger partial charge in [-0.1, -0.05) is 11.6 Å². The summed E-state index contributed by atoms with van der Waals surface area (Å²) in [6, 6.07) is 6.77. The van der Waals surface area contributed by atoms with Crippen LogP contribution in [0, 0.1) is 0 Å².